The van der Waals surface area contributed by atoms with Crippen molar-refractivity contribution in [3.63, 3.8) is 0 Å². The van der Waals surface area contributed by atoms with Crippen LogP contribution in [0.5, 0.6) is 0 Å². The first-order valence-electron chi connectivity index (χ1n) is 7.44. The number of carboxylic acid groups (broad SMARTS) is 1. The van der Waals surface area contributed by atoms with Crippen LogP contribution in [0.1, 0.15) is 33.3 Å². The monoisotopic (exact) mass is 306 g/mol. The van der Waals surface area contributed by atoms with Crippen LogP contribution in [-0.4, -0.2) is 41.5 Å². The fraction of sp³-hybridized carbons (Fsp3) is 0.412. The minimum Gasteiger partial charge on any atom is -0.477 e. The number of carbonyl (C=O) groups excluding carboxylic acids is 1. The largest absolute Gasteiger partial charge is 0.477 e. The van der Waals surface area contributed by atoms with Crippen LogP contribution < -0.4 is 5.32 Å². The number of benzene rings is 1. The maximum absolute atomic E-state index is 10.8. The highest BCUT2D eigenvalue weighted by Crippen LogP contribution is 2.04. The van der Waals surface area contributed by atoms with E-state index in [0.717, 1.165) is 5.56 Å². The van der Waals surface area contributed by atoms with Gasteiger partial charge in [0.15, 0.2) is 0 Å². The molecule has 0 spiro atoms. The number of hydrogen-bond donors (Lipinski definition) is 2. The molecule has 0 bridgehead atoms. The number of hydrogen-bond acceptors (Lipinski definition) is 3. The Labute approximate surface area is 132 Å². The number of aliphatic carboxylic acids is 1. The van der Waals surface area contributed by atoms with Gasteiger partial charge < -0.3 is 15.3 Å². The molecule has 0 aromatic heterocycles. The Bertz CT molecular complexity index is 474. The molecule has 0 aliphatic rings. The minimum atomic E-state index is -1.16. The zero-order valence-corrected chi connectivity index (χ0v) is 13.8. The fourth-order valence-corrected chi connectivity index (χ4v) is 1.73. The lowest BCUT2D eigenvalue weighted by Gasteiger charge is -2.13. The third kappa shape index (κ3) is 8.92. The molecule has 0 heterocycles. The summed E-state index contributed by atoms with van der Waals surface area (Å²) >= 11 is 0. The first-order valence-corrected chi connectivity index (χ1v) is 7.44. The molecular formula is C17H26N2O3. The summed E-state index contributed by atoms with van der Waals surface area (Å²) in [4.78, 5) is 23.9. The third-order valence-corrected chi connectivity index (χ3v) is 2.99. The lowest BCUT2D eigenvalue weighted by atomic mass is 10.2. The molecule has 0 saturated heterocycles. The Hall–Kier alpha value is -2.14. The van der Waals surface area contributed by atoms with E-state index in [1.807, 2.05) is 6.07 Å². The highest BCUT2D eigenvalue weighted by atomic mass is 16.4. The summed E-state index contributed by atoms with van der Waals surface area (Å²) in [5.74, 6) is -1.56. The maximum Gasteiger partial charge on any atom is 0.352 e. The number of nitrogens with zero attached hydrogens (tertiary/aromatic N) is 1. The predicted octanol–water partition coefficient (Wildman–Crippen LogP) is 2.60. The molecule has 22 heavy (non-hydrogen) atoms. The van der Waals surface area contributed by atoms with E-state index in [-0.39, 0.29) is 5.70 Å². The van der Waals surface area contributed by atoms with Crippen molar-refractivity contribution in [2.75, 3.05) is 19.6 Å². The topological polar surface area (TPSA) is 69.6 Å². The van der Waals surface area contributed by atoms with Crippen molar-refractivity contribution < 1.29 is 14.7 Å². The van der Waals surface area contributed by atoms with Crippen LogP contribution in [0.2, 0.25) is 0 Å². The zero-order chi connectivity index (χ0) is 17.0. The van der Waals surface area contributed by atoms with E-state index in [1.54, 1.807) is 24.3 Å². The number of rotatable bonds is 6. The van der Waals surface area contributed by atoms with Gasteiger partial charge in [-0.1, -0.05) is 51.1 Å². The molecule has 0 atom stereocenters. The van der Waals surface area contributed by atoms with E-state index in [4.69, 9.17) is 5.11 Å². The maximum atomic E-state index is 10.8. The van der Waals surface area contributed by atoms with Gasteiger partial charge >= 0.3 is 5.97 Å². The van der Waals surface area contributed by atoms with Gasteiger partial charge in [0.25, 0.3) is 0 Å². The Balaban J connectivity index is 0.000000534. The molecule has 122 valence electrons. The van der Waals surface area contributed by atoms with E-state index < -0.39 is 11.9 Å². The van der Waals surface area contributed by atoms with E-state index >= 15 is 0 Å². The summed E-state index contributed by atoms with van der Waals surface area (Å²) in [5.41, 5.74) is 0.595. The average Bonchev–Trinajstić information content (AvgIpc) is 2.49. The summed E-state index contributed by atoms with van der Waals surface area (Å²) in [6.07, 6.45) is 1.41. The molecule has 5 nitrogen and oxygen atoms in total. The lowest BCUT2D eigenvalue weighted by Crippen LogP contribution is -2.24. The van der Waals surface area contributed by atoms with Crippen molar-refractivity contribution in [2.24, 2.45) is 0 Å². The molecule has 1 aromatic rings. The summed E-state index contributed by atoms with van der Waals surface area (Å²) < 4.78 is 0. The van der Waals surface area contributed by atoms with Crippen LogP contribution in [-0.2, 0) is 9.59 Å². The Morgan fingerprint density at radius 2 is 1.59 bits per heavy atom. The Kier molecular flexibility index (Phi) is 10.4. The first-order chi connectivity index (χ1) is 10.4. The van der Waals surface area contributed by atoms with E-state index in [0.29, 0.717) is 0 Å². The van der Waals surface area contributed by atoms with E-state index in [2.05, 4.69) is 31.0 Å². The summed E-state index contributed by atoms with van der Waals surface area (Å²) in [5, 5.41) is 11.1. The molecule has 5 heteroatoms. The highest BCUT2D eigenvalue weighted by Gasteiger charge is 2.08. The molecule has 1 amide bonds. The molecule has 0 fully saturated rings. The molecule has 0 aliphatic carbocycles. The molecule has 0 radical (unpaired) electrons. The van der Waals surface area contributed by atoms with Gasteiger partial charge in [0.2, 0.25) is 5.91 Å². The second kappa shape index (κ2) is 11.5. The second-order valence-corrected chi connectivity index (χ2v) is 4.57. The quantitative estimate of drug-likeness (QED) is 0.793. The standard InChI is InChI=1S/C11H11NO3.C6H15N/c1-8(13)12-10(11(14)15)7-9-5-3-2-4-6-9;1-4-7(5-2)6-3/h2-7H,1H3,(H,12,13)(H,14,15);4-6H2,1-3H3. The van der Waals surface area contributed by atoms with Gasteiger partial charge in [-0.3, -0.25) is 4.79 Å². The molecule has 1 rings (SSSR count). The SMILES string of the molecule is CC(=O)NC(=Cc1ccccc1)C(=O)O.CCN(CC)CC. The van der Waals surface area contributed by atoms with Crippen LogP contribution >= 0.6 is 0 Å². The Morgan fingerprint density at radius 3 is 1.91 bits per heavy atom. The Morgan fingerprint density at radius 1 is 1.09 bits per heavy atom. The number of amides is 1. The van der Waals surface area contributed by atoms with Crippen molar-refractivity contribution in [2.45, 2.75) is 27.7 Å². The van der Waals surface area contributed by atoms with E-state index in [1.165, 1.54) is 32.6 Å². The normalized spacial score (nSPS) is 10.7. The first kappa shape index (κ1) is 19.9. The predicted molar refractivity (Wildman–Crippen MR) is 89.3 cm³/mol. The van der Waals surface area contributed by atoms with Gasteiger partial charge in [-0.25, -0.2) is 4.79 Å². The van der Waals surface area contributed by atoms with Crippen molar-refractivity contribution in [3.05, 3.63) is 41.6 Å². The average molecular weight is 306 g/mol. The van der Waals surface area contributed by atoms with Crippen molar-refractivity contribution in [1.82, 2.24) is 10.2 Å². The molecule has 0 aliphatic heterocycles. The van der Waals surface area contributed by atoms with Crippen LogP contribution in [0.15, 0.2) is 36.0 Å². The highest BCUT2D eigenvalue weighted by molar-refractivity contribution is 5.96. The number of carbonyl (C=O) groups is 2. The second-order valence-electron chi connectivity index (χ2n) is 4.57. The molecule has 2 N–H and O–H groups in total. The van der Waals surface area contributed by atoms with Crippen molar-refractivity contribution >= 4 is 18.0 Å². The van der Waals surface area contributed by atoms with Gasteiger partial charge in [-0.05, 0) is 31.3 Å². The fourth-order valence-electron chi connectivity index (χ4n) is 1.73. The van der Waals surface area contributed by atoms with Crippen LogP contribution in [0, 0.1) is 0 Å². The van der Waals surface area contributed by atoms with E-state index in [9.17, 15) is 9.59 Å². The van der Waals surface area contributed by atoms with Gasteiger partial charge in [-0.15, -0.1) is 0 Å². The lowest BCUT2D eigenvalue weighted by molar-refractivity contribution is -0.134. The number of nitrogens with one attached hydrogen (secondary N) is 1. The summed E-state index contributed by atoms with van der Waals surface area (Å²) in [7, 11) is 0. The van der Waals surface area contributed by atoms with Crippen LogP contribution in [0.25, 0.3) is 6.08 Å². The van der Waals surface area contributed by atoms with Crippen molar-refractivity contribution in [1.29, 1.82) is 0 Å². The van der Waals surface area contributed by atoms with Crippen molar-refractivity contribution in [3.8, 4) is 0 Å². The molecule has 0 unspecified atom stereocenters. The summed E-state index contributed by atoms with van der Waals surface area (Å²) in [6, 6.07) is 8.92. The van der Waals surface area contributed by atoms with Gasteiger partial charge in [0.05, 0.1) is 0 Å². The molecule has 1 aromatic carbocycles. The number of carboxylic acids is 1. The molecule has 0 saturated carbocycles. The summed E-state index contributed by atoms with van der Waals surface area (Å²) in [6.45, 7) is 11.4. The van der Waals surface area contributed by atoms with Crippen LogP contribution in [0.3, 0.4) is 0 Å². The zero-order valence-electron chi connectivity index (χ0n) is 13.8. The van der Waals surface area contributed by atoms with Gasteiger partial charge in [-0.2, -0.15) is 0 Å². The van der Waals surface area contributed by atoms with Gasteiger partial charge in [0.1, 0.15) is 5.70 Å². The smallest absolute Gasteiger partial charge is 0.352 e. The van der Waals surface area contributed by atoms with Crippen LogP contribution in [0.4, 0.5) is 0 Å². The van der Waals surface area contributed by atoms with Gasteiger partial charge in [0, 0.05) is 6.92 Å². The third-order valence-electron chi connectivity index (χ3n) is 2.99. The molecular weight excluding hydrogens is 280 g/mol. The minimum absolute atomic E-state index is 0.131.